The van der Waals surface area contributed by atoms with Gasteiger partial charge in [0.05, 0.1) is 33.5 Å². The zero-order chi connectivity index (χ0) is 29.1. The molecule has 3 aromatic rings. The highest BCUT2D eigenvalue weighted by Gasteiger charge is 2.17. The quantitative estimate of drug-likeness (QED) is 0.126. The summed E-state index contributed by atoms with van der Waals surface area (Å²) in [7, 11) is 4.83. The number of hydrogen-bond donors (Lipinski definition) is 1. The van der Waals surface area contributed by atoms with E-state index in [1.165, 1.54) is 0 Å². The molecule has 0 saturated carbocycles. The van der Waals surface area contributed by atoms with Crippen LogP contribution >= 0.6 is 0 Å². The Morgan fingerprint density at radius 2 is 1.02 bits per heavy atom. The molecule has 7 heteroatoms. The van der Waals surface area contributed by atoms with Gasteiger partial charge in [0.15, 0.2) is 29.4 Å². The standard InChI is InChI=1S/C33H39NO6/c1-8-23(4)40-33-30(37-7)19-27(20-31(33)38-21-34)16-14-25-11-9-24(10-12-25)13-15-26-17-28(35-5)32(39-22(2)3)29(18-26)36-6/h9-23,34H,8H2,1-7H3/b15-13+,16-14+,34-21?. The Bertz CT molecular complexity index is 1300. The molecule has 0 amide bonds. The molecule has 0 radical (unpaired) electrons. The number of ether oxygens (including phenoxy) is 6. The average Bonchev–Trinajstić information content (AvgIpc) is 2.96. The van der Waals surface area contributed by atoms with E-state index in [0.29, 0.717) is 34.5 Å². The normalized spacial score (nSPS) is 12.0. The summed E-state index contributed by atoms with van der Waals surface area (Å²) in [5, 5.41) is 7.40. The Morgan fingerprint density at radius 1 is 0.625 bits per heavy atom. The summed E-state index contributed by atoms with van der Waals surface area (Å²) >= 11 is 0. The summed E-state index contributed by atoms with van der Waals surface area (Å²) in [5.74, 6) is 3.33. The molecular weight excluding hydrogens is 506 g/mol. The predicted molar refractivity (Wildman–Crippen MR) is 162 cm³/mol. The molecule has 0 fully saturated rings. The molecule has 0 spiro atoms. The summed E-state index contributed by atoms with van der Waals surface area (Å²) in [4.78, 5) is 0. The van der Waals surface area contributed by atoms with Crippen molar-refractivity contribution in [1.82, 2.24) is 0 Å². The molecule has 1 N–H and O–H groups in total. The molecule has 0 aliphatic heterocycles. The monoisotopic (exact) mass is 545 g/mol. The van der Waals surface area contributed by atoms with Crippen LogP contribution in [-0.4, -0.2) is 39.9 Å². The van der Waals surface area contributed by atoms with Crippen molar-refractivity contribution in [2.75, 3.05) is 21.3 Å². The van der Waals surface area contributed by atoms with Crippen LogP contribution in [0, 0.1) is 5.41 Å². The van der Waals surface area contributed by atoms with Crippen LogP contribution in [0.15, 0.2) is 48.5 Å². The molecule has 40 heavy (non-hydrogen) atoms. The molecule has 0 aromatic heterocycles. The summed E-state index contributed by atoms with van der Waals surface area (Å²) < 4.78 is 34.0. The van der Waals surface area contributed by atoms with E-state index < -0.39 is 0 Å². The van der Waals surface area contributed by atoms with Crippen molar-refractivity contribution in [3.63, 3.8) is 0 Å². The largest absolute Gasteiger partial charge is 0.493 e. The van der Waals surface area contributed by atoms with Gasteiger partial charge in [-0.1, -0.05) is 55.5 Å². The van der Waals surface area contributed by atoms with Gasteiger partial charge >= 0.3 is 0 Å². The molecule has 0 aliphatic rings. The minimum atomic E-state index is -0.0155. The Balaban J connectivity index is 1.79. The molecule has 3 rings (SSSR count). The fourth-order valence-corrected chi connectivity index (χ4v) is 3.85. The van der Waals surface area contributed by atoms with Gasteiger partial charge in [-0.3, -0.25) is 5.41 Å². The first-order chi connectivity index (χ1) is 19.3. The van der Waals surface area contributed by atoms with Crippen molar-refractivity contribution >= 4 is 30.7 Å². The maximum Gasteiger partial charge on any atom is 0.204 e. The lowest BCUT2D eigenvalue weighted by Crippen LogP contribution is -2.11. The van der Waals surface area contributed by atoms with Gasteiger partial charge < -0.3 is 28.4 Å². The molecular formula is C33H39NO6. The number of nitrogens with one attached hydrogen (secondary N) is 1. The molecule has 1 atom stereocenters. The number of hydrogen-bond acceptors (Lipinski definition) is 7. The molecule has 212 valence electrons. The third-order valence-electron chi connectivity index (χ3n) is 6.05. The molecule has 7 nitrogen and oxygen atoms in total. The van der Waals surface area contributed by atoms with Crippen LogP contribution < -0.4 is 28.4 Å². The molecule has 0 heterocycles. The van der Waals surface area contributed by atoms with Crippen molar-refractivity contribution < 1.29 is 28.4 Å². The van der Waals surface area contributed by atoms with Crippen LogP contribution in [0.25, 0.3) is 24.3 Å². The van der Waals surface area contributed by atoms with Crippen molar-refractivity contribution in [3.8, 4) is 34.5 Å². The maximum atomic E-state index is 7.40. The van der Waals surface area contributed by atoms with Crippen LogP contribution in [-0.2, 0) is 0 Å². The molecule has 0 aliphatic carbocycles. The third kappa shape index (κ3) is 8.06. The van der Waals surface area contributed by atoms with Crippen LogP contribution in [0.1, 0.15) is 56.4 Å². The Kier molecular flexibility index (Phi) is 11.1. The zero-order valence-electron chi connectivity index (χ0n) is 24.3. The predicted octanol–water partition coefficient (Wildman–Crippen LogP) is 8.00. The average molecular weight is 546 g/mol. The molecule has 0 bridgehead atoms. The number of benzene rings is 3. The van der Waals surface area contributed by atoms with Gasteiger partial charge in [0.2, 0.25) is 11.5 Å². The van der Waals surface area contributed by atoms with Crippen molar-refractivity contribution in [2.24, 2.45) is 0 Å². The van der Waals surface area contributed by atoms with E-state index in [1.54, 1.807) is 21.3 Å². The van der Waals surface area contributed by atoms with Gasteiger partial charge in [-0.05, 0) is 73.7 Å². The fraction of sp³-hybridized carbons (Fsp3) is 0.303. The van der Waals surface area contributed by atoms with Crippen molar-refractivity contribution in [3.05, 3.63) is 70.8 Å². The first kappa shape index (κ1) is 30.2. The Labute approximate surface area is 237 Å². The van der Waals surface area contributed by atoms with Crippen molar-refractivity contribution in [1.29, 1.82) is 5.41 Å². The van der Waals surface area contributed by atoms with E-state index in [2.05, 4.69) is 0 Å². The van der Waals surface area contributed by atoms with Crippen LogP contribution in [0.3, 0.4) is 0 Å². The van der Waals surface area contributed by atoms with E-state index in [9.17, 15) is 0 Å². The maximum absolute atomic E-state index is 7.40. The summed E-state index contributed by atoms with van der Waals surface area (Å²) in [5.41, 5.74) is 3.88. The molecule has 3 aromatic carbocycles. The van der Waals surface area contributed by atoms with E-state index in [1.807, 2.05) is 101 Å². The second-order valence-corrected chi connectivity index (χ2v) is 9.38. The van der Waals surface area contributed by atoms with E-state index in [0.717, 1.165) is 35.1 Å². The molecule has 0 saturated heterocycles. The number of rotatable bonds is 14. The lowest BCUT2D eigenvalue weighted by Gasteiger charge is -2.18. The van der Waals surface area contributed by atoms with Gasteiger partial charge in [0.1, 0.15) is 0 Å². The first-order valence-corrected chi connectivity index (χ1v) is 13.2. The topological polar surface area (TPSA) is 79.2 Å². The highest BCUT2D eigenvalue weighted by atomic mass is 16.5. The first-order valence-electron chi connectivity index (χ1n) is 13.2. The second-order valence-electron chi connectivity index (χ2n) is 9.38. The van der Waals surface area contributed by atoms with Gasteiger partial charge in [0.25, 0.3) is 0 Å². The smallest absolute Gasteiger partial charge is 0.204 e. The highest BCUT2D eigenvalue weighted by Crippen LogP contribution is 2.41. The van der Waals surface area contributed by atoms with E-state index >= 15 is 0 Å². The van der Waals surface area contributed by atoms with Gasteiger partial charge in [-0.25, -0.2) is 0 Å². The minimum Gasteiger partial charge on any atom is -0.493 e. The van der Waals surface area contributed by atoms with E-state index in [-0.39, 0.29) is 12.2 Å². The number of methoxy groups -OCH3 is 3. The summed E-state index contributed by atoms with van der Waals surface area (Å²) in [6, 6.07) is 15.8. The van der Waals surface area contributed by atoms with Crippen LogP contribution in [0.4, 0.5) is 0 Å². The SMILES string of the molecule is CCC(C)Oc1c(OC)cc(/C=C/c2ccc(/C=C/c3cc(OC)c(OC(C)C)c(OC)c3)cc2)cc1OC=N. The van der Waals surface area contributed by atoms with Gasteiger partial charge in [-0.2, -0.15) is 0 Å². The van der Waals surface area contributed by atoms with Crippen LogP contribution in [0.5, 0.6) is 34.5 Å². The lowest BCUT2D eigenvalue weighted by atomic mass is 10.1. The minimum absolute atomic E-state index is 0.00101. The third-order valence-corrected chi connectivity index (χ3v) is 6.05. The molecule has 1 unspecified atom stereocenters. The Morgan fingerprint density at radius 3 is 1.40 bits per heavy atom. The van der Waals surface area contributed by atoms with Gasteiger partial charge in [0, 0.05) is 0 Å². The lowest BCUT2D eigenvalue weighted by molar-refractivity contribution is 0.202. The fourth-order valence-electron chi connectivity index (χ4n) is 3.85. The van der Waals surface area contributed by atoms with Gasteiger partial charge in [-0.15, -0.1) is 0 Å². The zero-order valence-corrected chi connectivity index (χ0v) is 24.3. The van der Waals surface area contributed by atoms with E-state index in [4.69, 9.17) is 33.8 Å². The summed E-state index contributed by atoms with van der Waals surface area (Å²) in [6.45, 7) is 7.95. The Hall–Kier alpha value is -4.39. The second kappa shape index (κ2) is 14.7. The van der Waals surface area contributed by atoms with Crippen molar-refractivity contribution in [2.45, 2.75) is 46.3 Å². The highest BCUT2D eigenvalue weighted by molar-refractivity contribution is 5.76. The summed E-state index contributed by atoms with van der Waals surface area (Å²) in [6.07, 6.45) is 9.73. The van der Waals surface area contributed by atoms with Crippen LogP contribution in [0.2, 0.25) is 0 Å².